The van der Waals surface area contributed by atoms with Crippen LogP contribution in [0.1, 0.15) is 65.0 Å². The fraction of sp³-hybridized carbons (Fsp3) is 0.500. The number of carbonyl (C=O) groups is 2. The summed E-state index contributed by atoms with van der Waals surface area (Å²) >= 11 is 0. The van der Waals surface area contributed by atoms with Crippen LogP contribution in [0, 0.1) is 11.8 Å². The van der Waals surface area contributed by atoms with Crippen molar-refractivity contribution in [2.45, 2.75) is 66.5 Å². The third-order valence-electron chi connectivity index (χ3n) is 6.34. The average Bonchev–Trinajstić information content (AvgIpc) is 2.77. The number of hydrogen-bond donors (Lipinski definition) is 1. The molecule has 1 N–H and O–H groups in total. The van der Waals surface area contributed by atoms with Crippen LogP contribution in [-0.4, -0.2) is 36.9 Å². The molecule has 0 fully saturated rings. The van der Waals surface area contributed by atoms with E-state index in [0.29, 0.717) is 12.5 Å². The normalized spacial score (nSPS) is 13.0. The SMILES string of the molecule is CC[C@H](C(=O)N(Cc1cc(NC(=O)C(C)C)ccc1N(C)C)[C@H](C)C(C)C)c1ccccc1. The van der Waals surface area contributed by atoms with Crippen LogP contribution in [0.3, 0.4) is 0 Å². The van der Waals surface area contributed by atoms with E-state index in [0.717, 1.165) is 28.9 Å². The topological polar surface area (TPSA) is 52.7 Å². The van der Waals surface area contributed by atoms with Gasteiger partial charge in [0.1, 0.15) is 0 Å². The highest BCUT2D eigenvalue weighted by atomic mass is 16.2. The predicted octanol–water partition coefficient (Wildman–Crippen LogP) is 5.91. The molecule has 5 heteroatoms. The molecule has 0 saturated carbocycles. The van der Waals surface area contributed by atoms with Crippen LogP contribution < -0.4 is 10.2 Å². The van der Waals surface area contributed by atoms with E-state index in [1.807, 2.05) is 81.4 Å². The van der Waals surface area contributed by atoms with Crippen molar-refractivity contribution in [3.05, 3.63) is 59.7 Å². The van der Waals surface area contributed by atoms with Crippen molar-refractivity contribution in [2.24, 2.45) is 11.8 Å². The molecule has 5 nitrogen and oxygen atoms in total. The summed E-state index contributed by atoms with van der Waals surface area (Å²) in [7, 11) is 4.00. The Hall–Kier alpha value is -2.82. The van der Waals surface area contributed by atoms with Crippen molar-refractivity contribution in [2.75, 3.05) is 24.3 Å². The molecular weight excluding hydrogens is 410 g/mol. The monoisotopic (exact) mass is 451 g/mol. The van der Waals surface area contributed by atoms with Crippen LogP contribution in [0.4, 0.5) is 11.4 Å². The maximum Gasteiger partial charge on any atom is 0.230 e. The van der Waals surface area contributed by atoms with Crippen molar-refractivity contribution >= 4 is 23.2 Å². The van der Waals surface area contributed by atoms with Gasteiger partial charge in [0.05, 0.1) is 5.92 Å². The van der Waals surface area contributed by atoms with Gasteiger partial charge in [-0.2, -0.15) is 0 Å². The zero-order chi connectivity index (χ0) is 24.7. The van der Waals surface area contributed by atoms with Crippen LogP contribution in [0.5, 0.6) is 0 Å². The largest absolute Gasteiger partial charge is 0.377 e. The molecule has 0 saturated heterocycles. The lowest BCUT2D eigenvalue weighted by Gasteiger charge is -2.36. The van der Waals surface area contributed by atoms with E-state index in [1.54, 1.807) is 0 Å². The van der Waals surface area contributed by atoms with E-state index in [4.69, 9.17) is 0 Å². The second-order valence-electron chi connectivity index (χ2n) is 9.70. The molecule has 0 aromatic heterocycles. The Morgan fingerprint density at radius 2 is 1.58 bits per heavy atom. The first-order chi connectivity index (χ1) is 15.6. The second-order valence-corrected chi connectivity index (χ2v) is 9.70. The summed E-state index contributed by atoms with van der Waals surface area (Å²) in [6.07, 6.45) is 0.745. The van der Waals surface area contributed by atoms with Gasteiger partial charge in [-0.05, 0) is 48.6 Å². The van der Waals surface area contributed by atoms with Crippen LogP contribution in [0.15, 0.2) is 48.5 Å². The fourth-order valence-corrected chi connectivity index (χ4v) is 3.92. The Balaban J connectivity index is 2.47. The third kappa shape index (κ3) is 6.83. The molecule has 2 amide bonds. The number of carbonyl (C=O) groups excluding carboxylic acids is 2. The van der Waals surface area contributed by atoms with Crippen molar-refractivity contribution < 1.29 is 9.59 Å². The van der Waals surface area contributed by atoms with Crippen LogP contribution in [0.2, 0.25) is 0 Å². The van der Waals surface area contributed by atoms with E-state index >= 15 is 0 Å². The molecule has 0 radical (unpaired) electrons. The summed E-state index contributed by atoms with van der Waals surface area (Å²) in [4.78, 5) is 30.2. The molecular formula is C28H41N3O2. The van der Waals surface area contributed by atoms with Gasteiger partial charge in [0.15, 0.2) is 0 Å². The average molecular weight is 452 g/mol. The van der Waals surface area contributed by atoms with Gasteiger partial charge in [0, 0.05) is 44.0 Å². The molecule has 0 unspecified atom stereocenters. The smallest absolute Gasteiger partial charge is 0.230 e. The lowest BCUT2D eigenvalue weighted by Crippen LogP contribution is -2.43. The maximum absolute atomic E-state index is 13.9. The number of hydrogen-bond acceptors (Lipinski definition) is 3. The zero-order valence-electron chi connectivity index (χ0n) is 21.6. The van der Waals surface area contributed by atoms with Gasteiger partial charge in [-0.15, -0.1) is 0 Å². The maximum atomic E-state index is 13.9. The standard InChI is InChI=1S/C28H41N3O2/c1-9-25(22-13-11-10-12-14-22)28(33)31(21(6)19(2)3)18-23-17-24(29-27(32)20(4)5)15-16-26(23)30(7)8/h10-17,19-21,25H,9,18H2,1-8H3,(H,29,32)/t21-,25+/m1/s1. The van der Waals surface area contributed by atoms with Gasteiger partial charge < -0.3 is 15.1 Å². The van der Waals surface area contributed by atoms with Crippen LogP contribution in [0.25, 0.3) is 0 Å². The zero-order valence-corrected chi connectivity index (χ0v) is 21.6. The van der Waals surface area contributed by atoms with E-state index in [1.165, 1.54) is 0 Å². The lowest BCUT2D eigenvalue weighted by atomic mass is 9.92. The number of nitrogens with one attached hydrogen (secondary N) is 1. The molecule has 33 heavy (non-hydrogen) atoms. The van der Waals surface area contributed by atoms with E-state index < -0.39 is 0 Å². The second kappa shape index (κ2) is 11.9. The summed E-state index contributed by atoms with van der Waals surface area (Å²) in [6, 6.07) is 16.1. The summed E-state index contributed by atoms with van der Waals surface area (Å²) in [5.41, 5.74) is 3.87. The Morgan fingerprint density at radius 1 is 0.939 bits per heavy atom. The van der Waals surface area contributed by atoms with Gasteiger partial charge in [0.2, 0.25) is 11.8 Å². The van der Waals surface area contributed by atoms with Crippen LogP contribution in [-0.2, 0) is 16.1 Å². The number of anilines is 2. The molecule has 2 aromatic rings. The van der Waals surface area contributed by atoms with Crippen molar-refractivity contribution in [3.8, 4) is 0 Å². The molecule has 180 valence electrons. The number of amides is 2. The Labute approximate surface area is 200 Å². The highest BCUT2D eigenvalue weighted by Gasteiger charge is 2.30. The molecule has 2 aromatic carbocycles. The van der Waals surface area contributed by atoms with Gasteiger partial charge in [-0.1, -0.05) is 65.0 Å². The quantitative estimate of drug-likeness (QED) is 0.488. The summed E-state index contributed by atoms with van der Waals surface area (Å²) in [5.74, 6) is 0.161. The molecule has 0 bridgehead atoms. The minimum Gasteiger partial charge on any atom is -0.377 e. The summed E-state index contributed by atoms with van der Waals surface area (Å²) < 4.78 is 0. The van der Waals surface area contributed by atoms with Crippen molar-refractivity contribution in [1.82, 2.24) is 4.90 Å². The number of rotatable bonds is 10. The van der Waals surface area contributed by atoms with Crippen LogP contribution >= 0.6 is 0 Å². The van der Waals surface area contributed by atoms with Gasteiger partial charge in [-0.3, -0.25) is 9.59 Å². The first kappa shape index (κ1) is 26.4. The van der Waals surface area contributed by atoms with Gasteiger partial charge in [-0.25, -0.2) is 0 Å². The minimum absolute atomic E-state index is 0.0165. The highest BCUT2D eigenvalue weighted by molar-refractivity contribution is 5.92. The van der Waals surface area contributed by atoms with Crippen molar-refractivity contribution in [3.63, 3.8) is 0 Å². The van der Waals surface area contributed by atoms with Gasteiger partial charge >= 0.3 is 0 Å². The van der Waals surface area contributed by atoms with E-state index in [2.05, 4.69) is 37.9 Å². The molecule has 0 aliphatic carbocycles. The highest BCUT2D eigenvalue weighted by Crippen LogP contribution is 2.30. The molecule has 0 spiro atoms. The molecule has 0 aliphatic rings. The van der Waals surface area contributed by atoms with Crippen molar-refractivity contribution in [1.29, 1.82) is 0 Å². The summed E-state index contributed by atoms with van der Waals surface area (Å²) in [6.45, 7) is 12.7. The van der Waals surface area contributed by atoms with Gasteiger partial charge in [0.25, 0.3) is 0 Å². The first-order valence-corrected chi connectivity index (χ1v) is 12.0. The Bertz CT molecular complexity index is 922. The fourth-order valence-electron chi connectivity index (χ4n) is 3.92. The predicted molar refractivity (Wildman–Crippen MR) is 139 cm³/mol. The molecule has 2 atom stereocenters. The summed E-state index contributed by atoms with van der Waals surface area (Å²) in [5, 5.41) is 3.00. The third-order valence-corrected chi connectivity index (χ3v) is 6.34. The number of benzene rings is 2. The Kier molecular flexibility index (Phi) is 9.51. The van der Waals surface area contributed by atoms with E-state index in [9.17, 15) is 9.59 Å². The molecule has 0 aliphatic heterocycles. The Morgan fingerprint density at radius 3 is 2.09 bits per heavy atom. The minimum atomic E-state index is -0.181. The first-order valence-electron chi connectivity index (χ1n) is 12.0. The number of nitrogens with zero attached hydrogens (tertiary/aromatic N) is 2. The molecule has 0 heterocycles. The molecule has 2 rings (SSSR count). The lowest BCUT2D eigenvalue weighted by molar-refractivity contribution is -0.136. The van der Waals surface area contributed by atoms with E-state index in [-0.39, 0.29) is 29.7 Å².